The molecule has 0 aliphatic carbocycles. The number of rotatable bonds is 8. The van der Waals surface area contributed by atoms with E-state index in [1.54, 1.807) is 18.9 Å². The van der Waals surface area contributed by atoms with Crippen molar-refractivity contribution in [3.05, 3.63) is 101 Å². The maximum atomic E-state index is 12.6. The lowest BCUT2D eigenvalue weighted by atomic mass is 10.00. The lowest BCUT2D eigenvalue weighted by Gasteiger charge is -2.14. The van der Waals surface area contributed by atoms with Crippen LogP contribution in [-0.4, -0.2) is 40.0 Å². The highest BCUT2D eigenvalue weighted by atomic mass is 32.2. The molecule has 0 radical (unpaired) electrons. The predicted molar refractivity (Wildman–Crippen MR) is 147 cm³/mol. The first-order valence-electron chi connectivity index (χ1n) is 12.3. The summed E-state index contributed by atoms with van der Waals surface area (Å²) in [7, 11) is 1.65. The Morgan fingerprint density at radius 1 is 1.05 bits per heavy atom. The van der Waals surface area contributed by atoms with Gasteiger partial charge in [-0.2, -0.15) is 0 Å². The largest absolute Gasteiger partial charge is 0.497 e. The van der Waals surface area contributed by atoms with E-state index in [9.17, 15) is 4.79 Å². The quantitative estimate of drug-likeness (QED) is 0.325. The number of aromatic nitrogens is 3. The van der Waals surface area contributed by atoms with Crippen LogP contribution >= 0.6 is 11.8 Å². The van der Waals surface area contributed by atoms with Gasteiger partial charge in [0.15, 0.2) is 5.82 Å². The third kappa shape index (κ3) is 5.29. The third-order valence-corrected chi connectivity index (χ3v) is 7.34. The van der Waals surface area contributed by atoms with Gasteiger partial charge in [-0.3, -0.25) is 14.4 Å². The van der Waals surface area contributed by atoms with Crippen molar-refractivity contribution in [1.82, 2.24) is 20.1 Å². The standard InChI is InChI=1S/C29H29N5O2S/c1-4-30-27(35)17-25-29-33-32-19(2)34(29)26-15-12-22(36-3)16-24(26)28(31-25)21-10-13-23(14-11-21)37-18-20-8-6-5-7-9-20/h5-16,25H,4,17-18H2,1-3H3,(H,30,35)/t25-/m0/s1. The number of benzene rings is 3. The zero-order valence-corrected chi connectivity index (χ0v) is 22.0. The Bertz CT molecular complexity index is 1430. The van der Waals surface area contributed by atoms with Gasteiger partial charge < -0.3 is 10.1 Å². The molecule has 0 spiro atoms. The summed E-state index contributed by atoms with van der Waals surface area (Å²) in [5.74, 6) is 2.96. The van der Waals surface area contributed by atoms with Gasteiger partial charge in [-0.15, -0.1) is 22.0 Å². The Balaban J connectivity index is 1.55. The lowest BCUT2D eigenvalue weighted by Crippen LogP contribution is -2.25. The number of hydrogen-bond acceptors (Lipinski definition) is 6. The number of carbonyl (C=O) groups excluding carboxylic acids is 1. The monoisotopic (exact) mass is 511 g/mol. The Hall–Kier alpha value is -3.91. The molecule has 1 aliphatic heterocycles. The molecule has 0 bridgehead atoms. The number of fused-ring (bicyclic) bond motifs is 3. The second-order valence-corrected chi connectivity index (χ2v) is 9.82. The summed E-state index contributed by atoms with van der Waals surface area (Å²) in [6.45, 7) is 4.39. The number of ether oxygens (including phenoxy) is 1. The van der Waals surface area contributed by atoms with E-state index < -0.39 is 6.04 Å². The first-order valence-corrected chi connectivity index (χ1v) is 13.3. The Morgan fingerprint density at radius 2 is 1.84 bits per heavy atom. The zero-order valence-electron chi connectivity index (χ0n) is 21.1. The van der Waals surface area contributed by atoms with E-state index in [-0.39, 0.29) is 12.3 Å². The average molecular weight is 512 g/mol. The van der Waals surface area contributed by atoms with Gasteiger partial charge in [-0.25, -0.2) is 0 Å². The maximum absolute atomic E-state index is 12.6. The number of hydrogen-bond donors (Lipinski definition) is 1. The van der Waals surface area contributed by atoms with E-state index in [1.807, 2.05) is 42.7 Å². The van der Waals surface area contributed by atoms with Gasteiger partial charge in [0.2, 0.25) is 5.91 Å². The molecule has 2 heterocycles. The number of carbonyl (C=O) groups is 1. The first-order chi connectivity index (χ1) is 18.1. The molecular formula is C29H29N5O2S. The van der Waals surface area contributed by atoms with Gasteiger partial charge in [0, 0.05) is 28.3 Å². The molecule has 0 saturated carbocycles. The van der Waals surface area contributed by atoms with Crippen molar-refractivity contribution in [2.75, 3.05) is 13.7 Å². The molecule has 1 N–H and O–H groups in total. The van der Waals surface area contributed by atoms with Crippen LogP contribution in [0.15, 0.2) is 82.7 Å². The maximum Gasteiger partial charge on any atom is 0.222 e. The van der Waals surface area contributed by atoms with E-state index in [0.717, 1.165) is 39.9 Å². The summed E-state index contributed by atoms with van der Waals surface area (Å²) in [5, 5.41) is 11.6. The topological polar surface area (TPSA) is 81.4 Å². The predicted octanol–water partition coefficient (Wildman–Crippen LogP) is 5.29. The van der Waals surface area contributed by atoms with Gasteiger partial charge in [-0.1, -0.05) is 42.5 Å². The normalized spacial score (nSPS) is 14.2. The minimum absolute atomic E-state index is 0.0704. The average Bonchev–Trinajstić information content (AvgIpc) is 3.25. The van der Waals surface area contributed by atoms with Crippen molar-refractivity contribution >= 4 is 23.4 Å². The number of amides is 1. The second kappa shape index (κ2) is 11.0. The van der Waals surface area contributed by atoms with E-state index in [0.29, 0.717) is 12.4 Å². The fourth-order valence-corrected chi connectivity index (χ4v) is 5.32. The molecule has 7 nitrogen and oxygen atoms in total. The molecule has 4 aromatic rings. The molecule has 0 unspecified atom stereocenters. The third-order valence-electron chi connectivity index (χ3n) is 6.26. The fourth-order valence-electron chi connectivity index (χ4n) is 4.46. The SMILES string of the molecule is CCNC(=O)C[C@@H]1N=C(c2ccc(SCc3ccccc3)cc2)c2cc(OC)ccc2-n2c(C)nnc21. The molecule has 1 atom stereocenters. The summed E-state index contributed by atoms with van der Waals surface area (Å²) in [5.41, 5.74) is 4.88. The van der Waals surface area contributed by atoms with Crippen molar-refractivity contribution in [3.63, 3.8) is 0 Å². The van der Waals surface area contributed by atoms with Crippen LogP contribution in [0, 0.1) is 6.92 Å². The van der Waals surface area contributed by atoms with E-state index in [4.69, 9.17) is 9.73 Å². The van der Waals surface area contributed by atoms with Crippen LogP contribution in [-0.2, 0) is 10.5 Å². The van der Waals surface area contributed by atoms with Gasteiger partial charge in [-0.05, 0) is 49.7 Å². The smallest absolute Gasteiger partial charge is 0.222 e. The zero-order chi connectivity index (χ0) is 25.8. The minimum atomic E-state index is -0.478. The molecular weight excluding hydrogens is 482 g/mol. The highest BCUT2D eigenvalue weighted by Crippen LogP contribution is 2.34. The fraction of sp³-hybridized carbons (Fsp3) is 0.241. The van der Waals surface area contributed by atoms with Crippen LogP contribution in [0.5, 0.6) is 5.75 Å². The van der Waals surface area contributed by atoms with Crippen LogP contribution in [0.25, 0.3) is 5.69 Å². The summed E-state index contributed by atoms with van der Waals surface area (Å²) in [6, 6.07) is 24.3. The summed E-state index contributed by atoms with van der Waals surface area (Å²) < 4.78 is 7.56. The van der Waals surface area contributed by atoms with Crippen molar-refractivity contribution in [1.29, 1.82) is 0 Å². The van der Waals surface area contributed by atoms with E-state index >= 15 is 0 Å². The Labute approximate surface area is 221 Å². The summed E-state index contributed by atoms with van der Waals surface area (Å²) in [6.07, 6.45) is 0.186. The number of aliphatic imine (C=N–C) groups is 1. The molecule has 5 rings (SSSR count). The van der Waals surface area contributed by atoms with Crippen molar-refractivity contribution in [3.8, 4) is 11.4 Å². The lowest BCUT2D eigenvalue weighted by molar-refractivity contribution is -0.121. The van der Waals surface area contributed by atoms with Crippen molar-refractivity contribution < 1.29 is 9.53 Å². The number of nitrogens with zero attached hydrogens (tertiary/aromatic N) is 4. The Morgan fingerprint density at radius 3 is 2.57 bits per heavy atom. The highest BCUT2D eigenvalue weighted by Gasteiger charge is 2.29. The minimum Gasteiger partial charge on any atom is -0.497 e. The van der Waals surface area contributed by atoms with Crippen LogP contribution in [0.1, 0.15) is 47.7 Å². The molecule has 0 saturated heterocycles. The second-order valence-electron chi connectivity index (χ2n) is 8.77. The van der Waals surface area contributed by atoms with Crippen molar-refractivity contribution in [2.45, 2.75) is 37.0 Å². The van der Waals surface area contributed by atoms with E-state index in [1.165, 1.54) is 10.5 Å². The Kier molecular flexibility index (Phi) is 7.37. The van der Waals surface area contributed by atoms with Crippen LogP contribution in [0.4, 0.5) is 0 Å². The van der Waals surface area contributed by atoms with Crippen LogP contribution in [0.3, 0.4) is 0 Å². The van der Waals surface area contributed by atoms with Gasteiger partial charge in [0.05, 0.1) is 24.9 Å². The molecule has 1 aliphatic rings. The highest BCUT2D eigenvalue weighted by molar-refractivity contribution is 7.98. The van der Waals surface area contributed by atoms with Crippen molar-refractivity contribution in [2.24, 2.45) is 4.99 Å². The molecule has 0 fully saturated rings. The van der Waals surface area contributed by atoms with Crippen LogP contribution in [0.2, 0.25) is 0 Å². The summed E-state index contributed by atoms with van der Waals surface area (Å²) >= 11 is 1.80. The number of methoxy groups -OCH3 is 1. The van der Waals surface area contributed by atoms with Gasteiger partial charge >= 0.3 is 0 Å². The molecule has 1 amide bonds. The first kappa shape index (κ1) is 24.8. The number of nitrogens with one attached hydrogen (secondary N) is 1. The molecule has 188 valence electrons. The number of aryl methyl sites for hydroxylation is 1. The molecule has 3 aromatic carbocycles. The summed E-state index contributed by atoms with van der Waals surface area (Å²) in [4.78, 5) is 18.9. The molecule has 1 aromatic heterocycles. The number of thioether (sulfide) groups is 1. The van der Waals surface area contributed by atoms with Gasteiger partial charge in [0.1, 0.15) is 17.6 Å². The van der Waals surface area contributed by atoms with Crippen LogP contribution < -0.4 is 10.1 Å². The van der Waals surface area contributed by atoms with Gasteiger partial charge in [0.25, 0.3) is 0 Å². The molecule has 37 heavy (non-hydrogen) atoms. The van der Waals surface area contributed by atoms with E-state index in [2.05, 4.69) is 64.0 Å². The molecule has 8 heteroatoms.